The Bertz CT molecular complexity index is 323. The fourth-order valence-electron chi connectivity index (χ4n) is 1.74. The van der Waals surface area contributed by atoms with E-state index in [0.717, 1.165) is 11.3 Å². The fourth-order valence-corrected chi connectivity index (χ4v) is 1.74. The predicted molar refractivity (Wildman–Crippen MR) is 64.0 cm³/mol. The number of hydrogen-bond donors (Lipinski definition) is 2. The number of anilines is 1. The SMILES string of the molecule is Cc1ccc(N(C)CC(C)O)c(CN)c1. The van der Waals surface area contributed by atoms with Gasteiger partial charge < -0.3 is 15.7 Å². The van der Waals surface area contributed by atoms with Gasteiger partial charge >= 0.3 is 0 Å². The molecule has 0 fully saturated rings. The zero-order valence-electron chi connectivity index (χ0n) is 9.70. The van der Waals surface area contributed by atoms with Crippen LogP contribution < -0.4 is 10.6 Å². The number of likely N-dealkylation sites (N-methyl/N-ethyl adjacent to an activating group) is 1. The highest BCUT2D eigenvalue weighted by Crippen LogP contribution is 2.20. The molecule has 0 heterocycles. The molecule has 84 valence electrons. The normalized spacial score (nSPS) is 12.6. The molecule has 15 heavy (non-hydrogen) atoms. The quantitative estimate of drug-likeness (QED) is 0.783. The van der Waals surface area contributed by atoms with Gasteiger partial charge in [-0.05, 0) is 25.5 Å². The molecule has 0 aliphatic carbocycles. The molecule has 3 N–H and O–H groups in total. The van der Waals surface area contributed by atoms with E-state index < -0.39 is 0 Å². The van der Waals surface area contributed by atoms with E-state index in [-0.39, 0.29) is 6.10 Å². The van der Waals surface area contributed by atoms with Gasteiger partial charge in [0.15, 0.2) is 0 Å². The van der Waals surface area contributed by atoms with Crippen molar-refractivity contribution in [1.29, 1.82) is 0 Å². The Labute approximate surface area is 91.5 Å². The molecule has 0 bridgehead atoms. The number of nitrogens with two attached hydrogens (primary N) is 1. The summed E-state index contributed by atoms with van der Waals surface area (Å²) in [7, 11) is 1.97. The van der Waals surface area contributed by atoms with E-state index in [2.05, 4.69) is 25.1 Å². The summed E-state index contributed by atoms with van der Waals surface area (Å²) in [6, 6.07) is 6.21. The third-order valence-electron chi connectivity index (χ3n) is 2.40. The maximum atomic E-state index is 9.33. The van der Waals surface area contributed by atoms with Gasteiger partial charge in [-0.2, -0.15) is 0 Å². The molecule has 1 atom stereocenters. The highest BCUT2D eigenvalue weighted by Gasteiger charge is 2.08. The number of aliphatic hydroxyl groups excluding tert-OH is 1. The molecule has 1 aromatic rings. The lowest BCUT2D eigenvalue weighted by atomic mass is 10.1. The van der Waals surface area contributed by atoms with Gasteiger partial charge in [-0.25, -0.2) is 0 Å². The highest BCUT2D eigenvalue weighted by atomic mass is 16.3. The highest BCUT2D eigenvalue weighted by molar-refractivity contribution is 5.54. The zero-order valence-corrected chi connectivity index (χ0v) is 9.70. The van der Waals surface area contributed by atoms with Crippen LogP contribution in [-0.2, 0) is 6.54 Å². The molecule has 0 saturated heterocycles. The number of hydrogen-bond acceptors (Lipinski definition) is 3. The summed E-state index contributed by atoms with van der Waals surface area (Å²) in [6.07, 6.45) is -0.332. The monoisotopic (exact) mass is 208 g/mol. The molecule has 0 aromatic heterocycles. The minimum atomic E-state index is -0.332. The molecule has 0 spiro atoms. The van der Waals surface area contributed by atoms with Gasteiger partial charge in [0.2, 0.25) is 0 Å². The average molecular weight is 208 g/mol. The maximum Gasteiger partial charge on any atom is 0.0686 e. The van der Waals surface area contributed by atoms with E-state index >= 15 is 0 Å². The van der Waals surface area contributed by atoms with Crippen molar-refractivity contribution in [3.63, 3.8) is 0 Å². The van der Waals surface area contributed by atoms with Crippen molar-refractivity contribution in [3.05, 3.63) is 29.3 Å². The Hall–Kier alpha value is -1.06. The van der Waals surface area contributed by atoms with Gasteiger partial charge in [-0.3, -0.25) is 0 Å². The Kier molecular flexibility index (Phi) is 4.12. The minimum absolute atomic E-state index is 0.332. The van der Waals surface area contributed by atoms with Gasteiger partial charge in [-0.1, -0.05) is 17.7 Å². The van der Waals surface area contributed by atoms with Crippen LogP contribution in [0.3, 0.4) is 0 Å². The molecular weight excluding hydrogens is 188 g/mol. The summed E-state index contributed by atoms with van der Waals surface area (Å²) in [5.41, 5.74) is 9.14. The van der Waals surface area contributed by atoms with E-state index in [0.29, 0.717) is 13.1 Å². The second kappa shape index (κ2) is 5.14. The summed E-state index contributed by atoms with van der Waals surface area (Å²) >= 11 is 0. The van der Waals surface area contributed by atoms with Gasteiger partial charge in [0.25, 0.3) is 0 Å². The molecule has 3 nitrogen and oxygen atoms in total. The van der Waals surface area contributed by atoms with Crippen molar-refractivity contribution in [3.8, 4) is 0 Å². The molecule has 3 heteroatoms. The number of aliphatic hydroxyl groups is 1. The molecule has 0 saturated carbocycles. The first-order chi connectivity index (χ1) is 7.04. The number of rotatable bonds is 4. The first-order valence-electron chi connectivity index (χ1n) is 5.23. The molecule has 0 aliphatic heterocycles. The Morgan fingerprint density at radius 1 is 1.47 bits per heavy atom. The van der Waals surface area contributed by atoms with Crippen LogP contribution in [0.5, 0.6) is 0 Å². The van der Waals surface area contributed by atoms with Crippen molar-refractivity contribution >= 4 is 5.69 Å². The molecule has 0 amide bonds. The van der Waals surface area contributed by atoms with Crippen molar-refractivity contribution in [2.45, 2.75) is 26.5 Å². The topological polar surface area (TPSA) is 49.5 Å². The fraction of sp³-hybridized carbons (Fsp3) is 0.500. The van der Waals surface area contributed by atoms with Crippen molar-refractivity contribution in [1.82, 2.24) is 0 Å². The van der Waals surface area contributed by atoms with Crippen LogP contribution in [-0.4, -0.2) is 24.8 Å². The standard InChI is InChI=1S/C12H20N2O/c1-9-4-5-12(11(6-9)7-13)14(3)8-10(2)15/h4-6,10,15H,7-8,13H2,1-3H3. The molecular formula is C12H20N2O. The average Bonchev–Trinajstić information content (AvgIpc) is 2.16. The van der Waals surface area contributed by atoms with Crippen LogP contribution in [0.1, 0.15) is 18.1 Å². The Morgan fingerprint density at radius 3 is 2.67 bits per heavy atom. The lowest BCUT2D eigenvalue weighted by molar-refractivity contribution is 0.201. The van der Waals surface area contributed by atoms with Crippen LogP contribution in [0.25, 0.3) is 0 Å². The van der Waals surface area contributed by atoms with Gasteiger partial charge in [0, 0.05) is 25.8 Å². The Morgan fingerprint density at radius 2 is 2.13 bits per heavy atom. The zero-order chi connectivity index (χ0) is 11.4. The third-order valence-corrected chi connectivity index (χ3v) is 2.40. The van der Waals surface area contributed by atoms with Gasteiger partial charge in [-0.15, -0.1) is 0 Å². The third kappa shape index (κ3) is 3.22. The Balaban J connectivity index is 2.92. The van der Waals surface area contributed by atoms with Crippen LogP contribution in [0, 0.1) is 6.92 Å². The second-order valence-corrected chi connectivity index (χ2v) is 4.07. The summed E-state index contributed by atoms with van der Waals surface area (Å²) in [5, 5.41) is 9.33. The number of benzene rings is 1. The van der Waals surface area contributed by atoms with E-state index in [9.17, 15) is 5.11 Å². The van der Waals surface area contributed by atoms with Crippen molar-refractivity contribution < 1.29 is 5.11 Å². The molecule has 1 rings (SSSR count). The molecule has 1 unspecified atom stereocenters. The van der Waals surface area contributed by atoms with Crippen molar-refractivity contribution in [2.24, 2.45) is 5.73 Å². The van der Waals surface area contributed by atoms with E-state index in [4.69, 9.17) is 5.73 Å². The van der Waals surface area contributed by atoms with Crippen LogP contribution in [0.4, 0.5) is 5.69 Å². The summed E-state index contributed by atoms with van der Waals surface area (Å²) in [6.45, 7) is 4.99. The number of nitrogens with zero attached hydrogens (tertiary/aromatic N) is 1. The van der Waals surface area contributed by atoms with Gasteiger partial charge in [0.1, 0.15) is 0 Å². The smallest absolute Gasteiger partial charge is 0.0686 e. The summed E-state index contributed by atoms with van der Waals surface area (Å²) < 4.78 is 0. The molecule has 0 radical (unpaired) electrons. The van der Waals surface area contributed by atoms with E-state index in [1.807, 2.05) is 11.9 Å². The lowest BCUT2D eigenvalue weighted by Gasteiger charge is -2.23. The van der Waals surface area contributed by atoms with E-state index in [1.54, 1.807) is 6.92 Å². The largest absolute Gasteiger partial charge is 0.392 e. The van der Waals surface area contributed by atoms with Crippen LogP contribution in [0.15, 0.2) is 18.2 Å². The van der Waals surface area contributed by atoms with Crippen LogP contribution in [0.2, 0.25) is 0 Å². The minimum Gasteiger partial charge on any atom is -0.392 e. The predicted octanol–water partition coefficient (Wildman–Crippen LogP) is 1.27. The van der Waals surface area contributed by atoms with Crippen LogP contribution >= 0.6 is 0 Å². The molecule has 1 aromatic carbocycles. The lowest BCUT2D eigenvalue weighted by Crippen LogP contribution is -2.28. The second-order valence-electron chi connectivity index (χ2n) is 4.07. The van der Waals surface area contributed by atoms with Gasteiger partial charge in [0.05, 0.1) is 6.10 Å². The van der Waals surface area contributed by atoms with Crippen molar-refractivity contribution in [2.75, 3.05) is 18.5 Å². The first-order valence-corrected chi connectivity index (χ1v) is 5.23. The summed E-state index contributed by atoms with van der Waals surface area (Å²) in [4.78, 5) is 2.03. The van der Waals surface area contributed by atoms with E-state index in [1.165, 1.54) is 5.56 Å². The summed E-state index contributed by atoms with van der Waals surface area (Å²) in [5.74, 6) is 0. The maximum absolute atomic E-state index is 9.33. The molecule has 0 aliphatic rings. The first kappa shape index (κ1) is 12.0. The number of aryl methyl sites for hydroxylation is 1.